The number of hydrogen-bond acceptors (Lipinski definition) is 3. The summed E-state index contributed by atoms with van der Waals surface area (Å²) in [6.07, 6.45) is 0.439. The van der Waals surface area contributed by atoms with Gasteiger partial charge in [0.25, 0.3) is 0 Å². The van der Waals surface area contributed by atoms with Gasteiger partial charge in [0.05, 0.1) is 5.92 Å². The Morgan fingerprint density at radius 2 is 2.00 bits per heavy atom. The lowest BCUT2D eigenvalue weighted by Crippen LogP contribution is -2.20. The van der Waals surface area contributed by atoms with Crippen LogP contribution in [0.4, 0.5) is 4.39 Å². The largest absolute Gasteiger partial charge is 0.481 e. The van der Waals surface area contributed by atoms with E-state index in [1.807, 2.05) is 25.1 Å². The third-order valence-corrected chi connectivity index (χ3v) is 6.03. The van der Waals surface area contributed by atoms with Crippen LogP contribution in [-0.2, 0) is 17.1 Å². The van der Waals surface area contributed by atoms with E-state index in [0.29, 0.717) is 17.2 Å². The van der Waals surface area contributed by atoms with Gasteiger partial charge in [-0.25, -0.2) is 4.39 Å². The van der Waals surface area contributed by atoms with Gasteiger partial charge in [0, 0.05) is 23.6 Å². The van der Waals surface area contributed by atoms with Gasteiger partial charge in [-0.2, -0.15) is 0 Å². The highest BCUT2D eigenvalue weighted by molar-refractivity contribution is 7.14. The van der Waals surface area contributed by atoms with Gasteiger partial charge in [0.1, 0.15) is 10.7 Å². The molecule has 0 aliphatic carbocycles. The molecule has 0 radical (unpaired) electrons. The lowest BCUT2D eigenvalue weighted by atomic mass is 9.86. The number of hydrogen-bond donors (Lipinski definition) is 1. The average Bonchev–Trinajstić information content (AvgIpc) is 2.95. The summed E-state index contributed by atoms with van der Waals surface area (Å²) in [4.78, 5) is 23.7. The summed E-state index contributed by atoms with van der Waals surface area (Å²) in [5.74, 6) is -2.64. The molecule has 2 rings (SSSR count). The maximum atomic E-state index is 14.0. The van der Waals surface area contributed by atoms with E-state index in [1.165, 1.54) is 13.0 Å². The third-order valence-electron chi connectivity index (χ3n) is 4.40. The summed E-state index contributed by atoms with van der Waals surface area (Å²) in [5.41, 5.74) is 3.00. The first kappa shape index (κ1) is 19.6. The number of carbonyl (C=O) groups excluding carboxylic acids is 1. The number of carbonyl (C=O) groups is 2. The molecule has 2 aromatic rings. The Hall–Kier alpha value is -1.72. The zero-order chi connectivity index (χ0) is 18.7. The Bertz CT molecular complexity index is 800. The molecule has 6 heteroatoms. The highest BCUT2D eigenvalue weighted by Gasteiger charge is 2.29. The number of Topliss-reactive ketones (excluding diaryl/α,β-unsaturated/α-hetero) is 1. The minimum absolute atomic E-state index is 0.0444. The van der Waals surface area contributed by atoms with E-state index >= 15 is 0 Å². The topological polar surface area (TPSA) is 54.4 Å². The van der Waals surface area contributed by atoms with Crippen molar-refractivity contribution in [2.24, 2.45) is 5.92 Å². The molecule has 0 spiro atoms. The lowest BCUT2D eigenvalue weighted by molar-refractivity contribution is -0.141. The van der Waals surface area contributed by atoms with Gasteiger partial charge in [0.2, 0.25) is 0 Å². The van der Waals surface area contributed by atoms with E-state index in [0.717, 1.165) is 28.0 Å². The van der Waals surface area contributed by atoms with Crippen molar-refractivity contribution >= 4 is 34.7 Å². The van der Waals surface area contributed by atoms with E-state index in [4.69, 9.17) is 11.6 Å². The number of halogens is 2. The summed E-state index contributed by atoms with van der Waals surface area (Å²) in [5, 5.41) is 9.44. The Morgan fingerprint density at radius 1 is 1.32 bits per heavy atom. The van der Waals surface area contributed by atoms with Crippen molar-refractivity contribution < 1.29 is 19.1 Å². The fraction of sp³-hybridized carbons (Fsp3) is 0.368. The number of aryl methyl sites for hydroxylation is 1. The van der Waals surface area contributed by atoms with Gasteiger partial charge in [-0.3, -0.25) is 9.59 Å². The third kappa shape index (κ3) is 4.47. The first-order valence-electron chi connectivity index (χ1n) is 7.92. The van der Waals surface area contributed by atoms with Crippen molar-refractivity contribution in [3.8, 4) is 0 Å². The van der Waals surface area contributed by atoms with Gasteiger partial charge in [-0.15, -0.1) is 22.9 Å². The van der Waals surface area contributed by atoms with Crippen molar-refractivity contribution in [2.45, 2.75) is 39.0 Å². The highest BCUT2D eigenvalue weighted by atomic mass is 35.5. The zero-order valence-electron chi connectivity index (χ0n) is 14.3. The van der Waals surface area contributed by atoms with Gasteiger partial charge in [0.15, 0.2) is 5.78 Å². The predicted molar refractivity (Wildman–Crippen MR) is 98.3 cm³/mol. The molecule has 1 heterocycles. The lowest BCUT2D eigenvalue weighted by Gasteiger charge is -2.20. The van der Waals surface area contributed by atoms with Crippen LogP contribution < -0.4 is 0 Å². The van der Waals surface area contributed by atoms with Crippen molar-refractivity contribution in [3.05, 3.63) is 56.5 Å². The number of aliphatic carboxylic acids is 1. The normalized spacial score (nSPS) is 13.5. The van der Waals surface area contributed by atoms with Crippen LogP contribution in [-0.4, -0.2) is 16.9 Å². The number of rotatable bonds is 7. The van der Waals surface area contributed by atoms with Gasteiger partial charge >= 0.3 is 5.97 Å². The monoisotopic (exact) mass is 382 g/mol. The minimum atomic E-state index is -0.951. The van der Waals surface area contributed by atoms with Crippen LogP contribution in [0, 0.1) is 18.7 Å². The first-order valence-corrected chi connectivity index (χ1v) is 9.27. The summed E-state index contributed by atoms with van der Waals surface area (Å²) in [6.45, 7) is 4.88. The quantitative estimate of drug-likeness (QED) is 0.530. The van der Waals surface area contributed by atoms with Crippen molar-refractivity contribution in [1.82, 2.24) is 0 Å². The average molecular weight is 383 g/mol. The number of carboxylic acids is 1. The zero-order valence-corrected chi connectivity index (χ0v) is 15.9. The summed E-state index contributed by atoms with van der Waals surface area (Å²) in [6, 6.07) is 7.14. The first-order chi connectivity index (χ1) is 11.7. The van der Waals surface area contributed by atoms with E-state index in [1.54, 1.807) is 6.92 Å². The van der Waals surface area contributed by atoms with Crippen LogP contribution in [0.15, 0.2) is 24.3 Å². The number of benzene rings is 1. The van der Waals surface area contributed by atoms with E-state index < -0.39 is 23.6 Å². The van der Waals surface area contributed by atoms with E-state index in [2.05, 4.69) is 0 Å². The van der Waals surface area contributed by atoms with Crippen LogP contribution in [0.25, 0.3) is 0 Å². The maximum absolute atomic E-state index is 14.0. The standard InChI is InChI=1S/C19H20ClFO3S/c1-10-4-5-13(6-14(10)9-20)7-15(11(2)19(23)24)17-8-16(21)18(25-17)12(3)22/h4-6,8,11,15H,7,9H2,1-3H3,(H,23,24). The van der Waals surface area contributed by atoms with Crippen LogP contribution in [0.1, 0.15) is 51.0 Å². The molecule has 134 valence electrons. The molecule has 25 heavy (non-hydrogen) atoms. The highest BCUT2D eigenvalue weighted by Crippen LogP contribution is 2.36. The number of alkyl halides is 1. The van der Waals surface area contributed by atoms with Crippen molar-refractivity contribution in [1.29, 1.82) is 0 Å². The molecular formula is C19H20ClFO3S. The second kappa shape index (κ2) is 8.11. The molecule has 1 aromatic heterocycles. The molecule has 0 bridgehead atoms. The van der Waals surface area contributed by atoms with Gasteiger partial charge in [-0.1, -0.05) is 25.1 Å². The second-order valence-electron chi connectivity index (χ2n) is 6.21. The smallest absolute Gasteiger partial charge is 0.306 e. The molecule has 0 saturated carbocycles. The summed E-state index contributed by atoms with van der Waals surface area (Å²) in [7, 11) is 0. The van der Waals surface area contributed by atoms with Crippen molar-refractivity contribution in [3.63, 3.8) is 0 Å². The van der Waals surface area contributed by atoms with Crippen LogP contribution in [0.5, 0.6) is 0 Å². The number of carboxylic acid groups (broad SMARTS) is 1. The van der Waals surface area contributed by atoms with Crippen molar-refractivity contribution in [2.75, 3.05) is 0 Å². The summed E-state index contributed by atoms with van der Waals surface area (Å²) >= 11 is 6.99. The van der Waals surface area contributed by atoms with Gasteiger partial charge < -0.3 is 5.11 Å². The molecule has 1 aromatic carbocycles. The van der Waals surface area contributed by atoms with Crippen LogP contribution in [0.2, 0.25) is 0 Å². The fourth-order valence-electron chi connectivity index (χ4n) is 2.75. The molecule has 2 unspecified atom stereocenters. The molecular weight excluding hydrogens is 363 g/mol. The molecule has 0 amide bonds. The minimum Gasteiger partial charge on any atom is -0.481 e. The van der Waals surface area contributed by atoms with Crippen LogP contribution in [0.3, 0.4) is 0 Å². The maximum Gasteiger partial charge on any atom is 0.306 e. The SMILES string of the molecule is CC(=O)c1sc(C(Cc2ccc(C)c(CCl)c2)C(C)C(=O)O)cc1F. The molecule has 3 nitrogen and oxygen atoms in total. The van der Waals surface area contributed by atoms with E-state index in [-0.39, 0.29) is 10.7 Å². The van der Waals surface area contributed by atoms with Gasteiger partial charge in [-0.05, 0) is 36.1 Å². The molecule has 0 saturated heterocycles. The molecule has 0 aliphatic heterocycles. The molecule has 0 aliphatic rings. The predicted octanol–water partition coefficient (Wildman–Crippen LogP) is 5.18. The number of thiophene rings is 1. The Morgan fingerprint density at radius 3 is 2.52 bits per heavy atom. The molecule has 2 atom stereocenters. The Balaban J connectivity index is 2.42. The Labute approximate surface area is 155 Å². The number of ketones is 1. The fourth-order valence-corrected chi connectivity index (χ4v) is 4.18. The van der Waals surface area contributed by atoms with Crippen LogP contribution >= 0.6 is 22.9 Å². The molecule has 0 fully saturated rings. The second-order valence-corrected chi connectivity index (χ2v) is 7.57. The molecule has 1 N–H and O–H groups in total. The van der Waals surface area contributed by atoms with E-state index in [9.17, 15) is 19.1 Å². The summed E-state index contributed by atoms with van der Waals surface area (Å²) < 4.78 is 14.0. The Kier molecular flexibility index (Phi) is 6.36.